The fourth-order valence-corrected chi connectivity index (χ4v) is 0.663. The minimum atomic E-state index is -2.90. The molecule has 62 valence electrons. The van der Waals surface area contributed by atoms with Crippen LogP contribution in [0, 0.1) is 17.1 Å². The molecule has 2 nitrogen and oxygen atoms in total. The summed E-state index contributed by atoms with van der Waals surface area (Å²) in [7, 11) is 0. The van der Waals surface area contributed by atoms with Crippen molar-refractivity contribution in [3.8, 4) is 6.07 Å². The Labute approximate surface area is 66.3 Å². The Hall–Kier alpha value is -1.57. The van der Waals surface area contributed by atoms with Crippen LogP contribution in [0.1, 0.15) is 17.7 Å². The molecule has 1 rings (SSSR count). The molecule has 0 spiro atoms. The van der Waals surface area contributed by atoms with E-state index in [2.05, 4.69) is 4.98 Å². The second-order valence-corrected chi connectivity index (χ2v) is 2.00. The summed E-state index contributed by atoms with van der Waals surface area (Å²) in [4.78, 5) is 3.30. The molecule has 0 amide bonds. The second-order valence-electron chi connectivity index (χ2n) is 2.00. The number of alkyl halides is 2. The minimum Gasteiger partial charge on any atom is -0.245 e. The van der Waals surface area contributed by atoms with Gasteiger partial charge in [0.05, 0.1) is 5.56 Å². The third-order valence-electron chi connectivity index (χ3n) is 1.23. The van der Waals surface area contributed by atoms with Gasteiger partial charge in [0.15, 0.2) is 0 Å². The lowest BCUT2D eigenvalue weighted by Crippen LogP contribution is -1.94. The molecule has 0 unspecified atom stereocenters. The Morgan fingerprint density at radius 1 is 1.50 bits per heavy atom. The zero-order chi connectivity index (χ0) is 9.14. The highest BCUT2D eigenvalue weighted by Gasteiger charge is 2.13. The molecule has 0 aliphatic carbocycles. The quantitative estimate of drug-likeness (QED) is 0.649. The predicted octanol–water partition coefficient (Wildman–Crippen LogP) is 2.03. The van der Waals surface area contributed by atoms with Crippen molar-refractivity contribution in [2.24, 2.45) is 0 Å². The van der Waals surface area contributed by atoms with Gasteiger partial charge in [0, 0.05) is 12.3 Å². The lowest BCUT2D eigenvalue weighted by Gasteiger charge is -1.99. The Kier molecular flexibility index (Phi) is 2.29. The fourth-order valence-electron chi connectivity index (χ4n) is 0.663. The number of hydrogen-bond acceptors (Lipinski definition) is 2. The molecule has 1 heterocycles. The number of halogens is 3. The Bertz CT molecular complexity index is 330. The van der Waals surface area contributed by atoms with Crippen LogP contribution >= 0.6 is 0 Å². The molecule has 0 radical (unpaired) electrons. The van der Waals surface area contributed by atoms with Crippen LogP contribution in [0.3, 0.4) is 0 Å². The average molecular weight is 172 g/mol. The third kappa shape index (κ3) is 1.53. The van der Waals surface area contributed by atoms with Crippen LogP contribution in [-0.4, -0.2) is 4.98 Å². The van der Waals surface area contributed by atoms with Crippen LogP contribution in [0.4, 0.5) is 13.2 Å². The van der Waals surface area contributed by atoms with Crippen molar-refractivity contribution in [1.29, 1.82) is 5.26 Å². The molecular weight excluding hydrogens is 169 g/mol. The lowest BCUT2D eigenvalue weighted by molar-refractivity contribution is 0.146. The molecule has 0 aliphatic rings. The number of pyridine rings is 1. The summed E-state index contributed by atoms with van der Waals surface area (Å²) in [6.45, 7) is 0. The average Bonchev–Trinajstić information content (AvgIpc) is 2.03. The summed E-state index contributed by atoms with van der Waals surface area (Å²) in [5.41, 5.74) is -0.995. The number of rotatable bonds is 1. The maximum Gasteiger partial charge on any atom is 0.268 e. The summed E-state index contributed by atoms with van der Waals surface area (Å²) in [6, 6.07) is 2.22. The Balaban J connectivity index is 3.14. The molecule has 1 aromatic rings. The largest absolute Gasteiger partial charge is 0.268 e. The Morgan fingerprint density at radius 3 is 2.58 bits per heavy atom. The molecule has 0 bridgehead atoms. The van der Waals surface area contributed by atoms with Crippen molar-refractivity contribution in [3.63, 3.8) is 0 Å². The monoisotopic (exact) mass is 172 g/mol. The first-order valence-electron chi connectivity index (χ1n) is 2.99. The molecule has 0 saturated carbocycles. The SMILES string of the molecule is N#Cc1cc(F)c(C(F)F)cn1. The Morgan fingerprint density at radius 2 is 2.17 bits per heavy atom. The normalized spacial score (nSPS) is 9.92. The highest BCUT2D eigenvalue weighted by molar-refractivity contribution is 5.25. The first-order valence-corrected chi connectivity index (χ1v) is 2.99. The highest BCUT2D eigenvalue weighted by Crippen LogP contribution is 2.20. The van der Waals surface area contributed by atoms with E-state index in [1.54, 1.807) is 0 Å². The molecule has 0 N–H and O–H groups in total. The molecule has 1 aromatic heterocycles. The van der Waals surface area contributed by atoms with Gasteiger partial charge in [-0.1, -0.05) is 0 Å². The summed E-state index contributed by atoms with van der Waals surface area (Å²) in [6.07, 6.45) is -2.23. The third-order valence-corrected chi connectivity index (χ3v) is 1.23. The zero-order valence-electron chi connectivity index (χ0n) is 5.76. The van der Waals surface area contributed by atoms with Gasteiger partial charge >= 0.3 is 0 Å². The van der Waals surface area contributed by atoms with Crippen LogP contribution in [0.5, 0.6) is 0 Å². The van der Waals surface area contributed by atoms with Gasteiger partial charge in [-0.25, -0.2) is 18.2 Å². The van der Waals surface area contributed by atoms with E-state index in [4.69, 9.17) is 5.26 Å². The molecule has 0 atom stereocenters. The van der Waals surface area contributed by atoms with E-state index in [0.717, 1.165) is 0 Å². The van der Waals surface area contributed by atoms with E-state index >= 15 is 0 Å². The predicted molar refractivity (Wildman–Crippen MR) is 33.9 cm³/mol. The summed E-state index contributed by atoms with van der Waals surface area (Å²) >= 11 is 0. The standard InChI is InChI=1S/C7H3F3N2/c8-6-1-4(2-11)12-3-5(6)7(9)10/h1,3,7H. The first kappa shape index (κ1) is 8.53. The van der Waals surface area contributed by atoms with Gasteiger partial charge in [-0.3, -0.25) is 0 Å². The van der Waals surface area contributed by atoms with Gasteiger partial charge in [-0.15, -0.1) is 0 Å². The van der Waals surface area contributed by atoms with Crippen molar-refractivity contribution < 1.29 is 13.2 Å². The topological polar surface area (TPSA) is 36.7 Å². The van der Waals surface area contributed by atoms with Gasteiger partial charge in [0.2, 0.25) is 0 Å². The minimum absolute atomic E-state index is 0.211. The fraction of sp³-hybridized carbons (Fsp3) is 0.143. The van der Waals surface area contributed by atoms with Gasteiger partial charge in [-0.05, 0) is 0 Å². The van der Waals surface area contributed by atoms with E-state index in [-0.39, 0.29) is 5.69 Å². The summed E-state index contributed by atoms with van der Waals surface area (Å²) in [5, 5.41) is 8.22. The van der Waals surface area contributed by atoms with Crippen LogP contribution < -0.4 is 0 Å². The van der Waals surface area contributed by atoms with E-state index < -0.39 is 17.8 Å². The number of aromatic nitrogens is 1. The van der Waals surface area contributed by atoms with Crippen LogP contribution in [0.15, 0.2) is 12.3 Å². The van der Waals surface area contributed by atoms with Crippen molar-refractivity contribution in [1.82, 2.24) is 4.98 Å². The van der Waals surface area contributed by atoms with Gasteiger partial charge < -0.3 is 0 Å². The van der Waals surface area contributed by atoms with Gasteiger partial charge in [0.1, 0.15) is 17.6 Å². The van der Waals surface area contributed by atoms with Crippen LogP contribution in [0.25, 0.3) is 0 Å². The molecule has 0 saturated heterocycles. The maximum absolute atomic E-state index is 12.6. The van der Waals surface area contributed by atoms with E-state index in [1.807, 2.05) is 0 Å². The van der Waals surface area contributed by atoms with E-state index in [1.165, 1.54) is 6.07 Å². The molecule has 5 heteroatoms. The summed E-state index contributed by atoms with van der Waals surface area (Å²) < 4.78 is 36.4. The van der Waals surface area contributed by atoms with Crippen LogP contribution in [-0.2, 0) is 0 Å². The van der Waals surface area contributed by atoms with Crippen molar-refractivity contribution in [3.05, 3.63) is 29.3 Å². The van der Waals surface area contributed by atoms with Crippen molar-refractivity contribution >= 4 is 0 Å². The maximum atomic E-state index is 12.6. The molecular formula is C7H3F3N2. The molecule has 0 fully saturated rings. The zero-order valence-corrected chi connectivity index (χ0v) is 5.76. The van der Waals surface area contributed by atoms with Gasteiger partial charge in [0.25, 0.3) is 6.43 Å². The molecule has 12 heavy (non-hydrogen) atoms. The summed E-state index contributed by atoms with van der Waals surface area (Å²) in [5.74, 6) is -1.10. The second kappa shape index (κ2) is 3.22. The lowest BCUT2D eigenvalue weighted by atomic mass is 10.2. The van der Waals surface area contributed by atoms with E-state index in [0.29, 0.717) is 12.3 Å². The number of nitriles is 1. The first-order chi connectivity index (χ1) is 5.65. The number of nitrogens with zero attached hydrogens (tertiary/aromatic N) is 2. The van der Waals surface area contributed by atoms with E-state index in [9.17, 15) is 13.2 Å². The number of hydrogen-bond donors (Lipinski definition) is 0. The van der Waals surface area contributed by atoms with Crippen molar-refractivity contribution in [2.45, 2.75) is 6.43 Å². The van der Waals surface area contributed by atoms with Crippen LogP contribution in [0.2, 0.25) is 0 Å². The van der Waals surface area contributed by atoms with Crippen molar-refractivity contribution in [2.75, 3.05) is 0 Å². The highest BCUT2D eigenvalue weighted by atomic mass is 19.3. The molecule has 0 aliphatic heterocycles. The smallest absolute Gasteiger partial charge is 0.245 e. The van der Waals surface area contributed by atoms with Gasteiger partial charge in [-0.2, -0.15) is 5.26 Å². The molecule has 0 aromatic carbocycles.